The van der Waals surface area contributed by atoms with Crippen LogP contribution >= 0.6 is 23.4 Å². The Morgan fingerprint density at radius 2 is 1.81 bits per heavy atom. The van der Waals surface area contributed by atoms with Crippen molar-refractivity contribution < 1.29 is 4.42 Å². The van der Waals surface area contributed by atoms with Gasteiger partial charge in [-0.2, -0.15) is 5.26 Å². The Morgan fingerprint density at radius 3 is 2.48 bits per heavy atom. The molecule has 0 aliphatic rings. The topological polar surface area (TPSA) is 88.5 Å². The number of aromatic nitrogens is 4. The molecular formula is C13H6ClN5OS. The lowest BCUT2D eigenvalue weighted by molar-refractivity contribution is 0.465. The van der Waals surface area contributed by atoms with Gasteiger partial charge in [0, 0.05) is 10.6 Å². The number of nitriles is 1. The van der Waals surface area contributed by atoms with Crippen LogP contribution in [-0.2, 0) is 0 Å². The third kappa shape index (κ3) is 3.18. The summed E-state index contributed by atoms with van der Waals surface area (Å²) in [5.41, 5.74) is 1.04. The van der Waals surface area contributed by atoms with Gasteiger partial charge in [-0.1, -0.05) is 11.6 Å². The molecule has 0 unspecified atom stereocenters. The van der Waals surface area contributed by atoms with Crippen molar-refractivity contribution >= 4 is 23.4 Å². The van der Waals surface area contributed by atoms with Crippen molar-refractivity contribution in [1.29, 1.82) is 5.26 Å². The molecule has 0 saturated heterocycles. The molecule has 6 nitrogen and oxygen atoms in total. The molecule has 0 aliphatic carbocycles. The Hall–Kier alpha value is -2.43. The fourth-order valence-corrected chi connectivity index (χ4v) is 2.21. The Labute approximate surface area is 128 Å². The van der Waals surface area contributed by atoms with Crippen LogP contribution in [0.15, 0.2) is 51.1 Å². The number of benzene rings is 1. The maximum Gasteiger partial charge on any atom is 0.283 e. The second-order valence-electron chi connectivity index (χ2n) is 3.85. The van der Waals surface area contributed by atoms with Crippen LogP contribution < -0.4 is 0 Å². The number of halogens is 1. The van der Waals surface area contributed by atoms with E-state index in [0.29, 0.717) is 21.2 Å². The predicted octanol–water partition coefficient (Wildman–Crippen LogP) is 3.20. The molecule has 0 fully saturated rings. The van der Waals surface area contributed by atoms with E-state index in [1.165, 1.54) is 11.8 Å². The predicted molar refractivity (Wildman–Crippen MR) is 75.6 cm³/mol. The van der Waals surface area contributed by atoms with E-state index in [4.69, 9.17) is 21.3 Å². The van der Waals surface area contributed by atoms with Crippen LogP contribution in [0.2, 0.25) is 5.02 Å². The molecule has 2 aromatic heterocycles. The molecule has 0 radical (unpaired) electrons. The van der Waals surface area contributed by atoms with Crippen LogP contribution in [0.25, 0.3) is 11.5 Å². The maximum absolute atomic E-state index is 8.66. The lowest BCUT2D eigenvalue weighted by Gasteiger charge is -1.95. The lowest BCUT2D eigenvalue weighted by Crippen LogP contribution is -1.88. The summed E-state index contributed by atoms with van der Waals surface area (Å²) >= 11 is 7.00. The van der Waals surface area contributed by atoms with E-state index >= 15 is 0 Å². The quantitative estimate of drug-likeness (QED) is 0.733. The van der Waals surface area contributed by atoms with E-state index in [-0.39, 0.29) is 5.69 Å². The number of nitrogens with zero attached hydrogens (tertiary/aromatic N) is 5. The van der Waals surface area contributed by atoms with Crippen molar-refractivity contribution in [3.8, 4) is 17.5 Å². The zero-order chi connectivity index (χ0) is 14.7. The molecule has 0 saturated carbocycles. The number of rotatable bonds is 3. The van der Waals surface area contributed by atoms with Crippen molar-refractivity contribution in [2.75, 3.05) is 0 Å². The fourth-order valence-electron chi connectivity index (χ4n) is 1.48. The average Bonchev–Trinajstić information content (AvgIpc) is 2.97. The van der Waals surface area contributed by atoms with Crippen molar-refractivity contribution in [2.24, 2.45) is 0 Å². The van der Waals surface area contributed by atoms with Crippen LogP contribution in [0, 0.1) is 11.3 Å². The van der Waals surface area contributed by atoms with Crippen LogP contribution in [-0.4, -0.2) is 20.4 Å². The monoisotopic (exact) mass is 315 g/mol. The Morgan fingerprint density at radius 1 is 1.00 bits per heavy atom. The second kappa shape index (κ2) is 5.91. The third-order valence-electron chi connectivity index (χ3n) is 2.44. The molecule has 0 aliphatic heterocycles. The molecular weight excluding hydrogens is 310 g/mol. The molecule has 3 rings (SSSR count). The highest BCUT2D eigenvalue weighted by Crippen LogP contribution is 2.27. The summed E-state index contributed by atoms with van der Waals surface area (Å²) in [7, 11) is 0. The van der Waals surface area contributed by atoms with E-state index in [2.05, 4.69) is 20.4 Å². The van der Waals surface area contributed by atoms with Crippen LogP contribution in [0.3, 0.4) is 0 Å². The largest absolute Gasteiger partial charge is 0.411 e. The maximum atomic E-state index is 8.66. The molecule has 0 spiro atoms. The van der Waals surface area contributed by atoms with Crippen molar-refractivity contribution in [2.45, 2.75) is 10.2 Å². The van der Waals surface area contributed by atoms with Gasteiger partial charge in [0.15, 0.2) is 5.69 Å². The smallest absolute Gasteiger partial charge is 0.283 e. The zero-order valence-corrected chi connectivity index (χ0v) is 12.0. The van der Waals surface area contributed by atoms with Crippen LogP contribution in [0.4, 0.5) is 0 Å². The van der Waals surface area contributed by atoms with Gasteiger partial charge in [0.05, 0.1) is 0 Å². The van der Waals surface area contributed by atoms with E-state index in [0.717, 1.165) is 5.56 Å². The SMILES string of the molecule is N#Cc1ccc(Sc2nnc(-c3ccc(Cl)cc3)o2)nn1. The van der Waals surface area contributed by atoms with Gasteiger partial charge in [0.25, 0.3) is 5.22 Å². The van der Waals surface area contributed by atoms with Gasteiger partial charge >= 0.3 is 0 Å². The molecule has 1 aromatic carbocycles. The van der Waals surface area contributed by atoms with Gasteiger partial charge < -0.3 is 4.42 Å². The number of hydrogen-bond donors (Lipinski definition) is 0. The molecule has 0 N–H and O–H groups in total. The van der Waals surface area contributed by atoms with Gasteiger partial charge in [-0.3, -0.25) is 0 Å². The van der Waals surface area contributed by atoms with E-state index in [1.807, 2.05) is 6.07 Å². The highest BCUT2D eigenvalue weighted by atomic mass is 35.5. The minimum absolute atomic E-state index is 0.256. The molecule has 102 valence electrons. The minimum Gasteiger partial charge on any atom is -0.411 e. The summed E-state index contributed by atoms with van der Waals surface area (Å²) in [4.78, 5) is 0. The second-order valence-corrected chi connectivity index (χ2v) is 5.26. The van der Waals surface area contributed by atoms with Gasteiger partial charge in [-0.25, -0.2) is 0 Å². The molecule has 21 heavy (non-hydrogen) atoms. The minimum atomic E-state index is 0.256. The fraction of sp³-hybridized carbons (Fsp3) is 0. The van der Waals surface area contributed by atoms with Crippen molar-refractivity contribution in [1.82, 2.24) is 20.4 Å². The summed E-state index contributed by atoms with van der Waals surface area (Å²) in [6, 6.07) is 12.2. The molecule has 8 heteroatoms. The summed E-state index contributed by atoms with van der Waals surface area (Å²) < 4.78 is 5.53. The van der Waals surface area contributed by atoms with Crippen molar-refractivity contribution in [3.05, 3.63) is 47.1 Å². The summed E-state index contributed by atoms with van der Waals surface area (Å²) in [6.07, 6.45) is 0. The first kappa shape index (κ1) is 13.5. The normalized spacial score (nSPS) is 10.3. The Balaban J connectivity index is 1.78. The number of hydrogen-bond acceptors (Lipinski definition) is 7. The molecule has 0 bridgehead atoms. The van der Waals surface area contributed by atoms with Gasteiger partial charge in [0.2, 0.25) is 5.89 Å². The first-order chi connectivity index (χ1) is 10.2. The first-order valence-corrected chi connectivity index (χ1v) is 6.95. The standard InChI is InChI=1S/C13H6ClN5OS/c14-9-3-1-8(2-4-9)12-18-19-13(20-12)21-11-6-5-10(7-15)16-17-11/h1-6H. The van der Waals surface area contributed by atoms with Gasteiger partial charge in [0.1, 0.15) is 11.1 Å². The van der Waals surface area contributed by atoms with Crippen molar-refractivity contribution in [3.63, 3.8) is 0 Å². The molecule has 0 atom stereocenters. The molecule has 2 heterocycles. The van der Waals surface area contributed by atoms with Gasteiger partial charge in [-0.05, 0) is 48.2 Å². The van der Waals surface area contributed by atoms with E-state index in [9.17, 15) is 0 Å². The average molecular weight is 316 g/mol. The molecule has 3 aromatic rings. The zero-order valence-electron chi connectivity index (χ0n) is 10.4. The summed E-state index contributed by atoms with van der Waals surface area (Å²) in [5.74, 6) is 0.399. The van der Waals surface area contributed by atoms with Crippen LogP contribution in [0.1, 0.15) is 5.69 Å². The van der Waals surface area contributed by atoms with Gasteiger partial charge in [-0.15, -0.1) is 20.4 Å². The Bertz CT molecular complexity index is 795. The first-order valence-electron chi connectivity index (χ1n) is 5.76. The van der Waals surface area contributed by atoms with E-state index in [1.54, 1.807) is 36.4 Å². The highest BCUT2D eigenvalue weighted by molar-refractivity contribution is 7.99. The highest BCUT2D eigenvalue weighted by Gasteiger charge is 2.11. The molecule has 0 amide bonds. The summed E-state index contributed by atoms with van der Waals surface area (Å²) in [5, 5.41) is 25.7. The Kier molecular flexibility index (Phi) is 3.81. The summed E-state index contributed by atoms with van der Waals surface area (Å²) in [6.45, 7) is 0. The lowest BCUT2D eigenvalue weighted by atomic mass is 10.2. The van der Waals surface area contributed by atoms with Crippen LogP contribution in [0.5, 0.6) is 0 Å². The van der Waals surface area contributed by atoms with E-state index < -0.39 is 0 Å². The third-order valence-corrected chi connectivity index (χ3v) is 3.46.